The van der Waals surface area contributed by atoms with Crippen molar-refractivity contribution in [3.63, 3.8) is 0 Å². The van der Waals surface area contributed by atoms with Crippen molar-refractivity contribution in [1.29, 1.82) is 0 Å². The number of nitrogens with one attached hydrogen (secondary N) is 2. The summed E-state index contributed by atoms with van der Waals surface area (Å²) in [5, 5.41) is 16.1. The second kappa shape index (κ2) is 18.9. The second-order valence-corrected chi connectivity index (χ2v) is 15.9. The lowest BCUT2D eigenvalue weighted by Crippen LogP contribution is -2.47. The molecule has 0 spiro atoms. The molecular weight excluding hydrogens is 734 g/mol. The molecule has 9 heterocycles. The van der Waals surface area contributed by atoms with E-state index in [1.54, 1.807) is 12.1 Å². The van der Waals surface area contributed by atoms with Crippen molar-refractivity contribution in [2.45, 2.75) is 71.6 Å². The van der Waals surface area contributed by atoms with Gasteiger partial charge in [0.2, 0.25) is 5.91 Å². The highest BCUT2D eigenvalue weighted by molar-refractivity contribution is 5.79. The molecule has 0 atom stereocenters. The van der Waals surface area contributed by atoms with Crippen molar-refractivity contribution in [2.75, 3.05) is 88.5 Å². The van der Waals surface area contributed by atoms with E-state index in [0.717, 1.165) is 135 Å². The van der Waals surface area contributed by atoms with Gasteiger partial charge in [0.1, 0.15) is 17.5 Å². The van der Waals surface area contributed by atoms with E-state index in [0.29, 0.717) is 25.0 Å². The van der Waals surface area contributed by atoms with Gasteiger partial charge in [0.15, 0.2) is 11.3 Å². The van der Waals surface area contributed by atoms with Crippen LogP contribution in [-0.4, -0.2) is 119 Å². The van der Waals surface area contributed by atoms with E-state index in [-0.39, 0.29) is 11.7 Å². The molecule has 0 radical (unpaired) electrons. The van der Waals surface area contributed by atoms with Crippen LogP contribution < -0.4 is 20.4 Å². The van der Waals surface area contributed by atoms with Crippen molar-refractivity contribution in [3.05, 3.63) is 82.7 Å². The monoisotopic (exact) mass is 793 g/mol. The largest absolute Gasteiger partial charge is 0.378 e. The lowest BCUT2D eigenvalue weighted by molar-refractivity contribution is -0.140. The summed E-state index contributed by atoms with van der Waals surface area (Å²) in [4.78, 5) is 29.5. The van der Waals surface area contributed by atoms with Gasteiger partial charge in [-0.2, -0.15) is 19.2 Å². The first-order valence-corrected chi connectivity index (χ1v) is 21.8. The fourth-order valence-corrected chi connectivity index (χ4v) is 9.36. The van der Waals surface area contributed by atoms with Gasteiger partial charge in [-0.3, -0.25) is 4.79 Å². The van der Waals surface area contributed by atoms with Crippen LogP contribution in [0.2, 0.25) is 0 Å². The Bertz CT molecular complexity index is 2110. The van der Waals surface area contributed by atoms with Crippen LogP contribution in [0.5, 0.6) is 0 Å². The topological polar surface area (TPSA) is 120 Å². The van der Waals surface area contributed by atoms with Gasteiger partial charge >= 0.3 is 0 Å². The Morgan fingerprint density at radius 3 is 1.72 bits per heavy atom. The normalized spacial score (nSPS) is 19.3. The Morgan fingerprint density at radius 1 is 0.690 bits per heavy atom. The van der Waals surface area contributed by atoms with Crippen molar-refractivity contribution in [1.82, 2.24) is 44.7 Å². The van der Waals surface area contributed by atoms with Crippen LogP contribution in [0, 0.1) is 17.7 Å². The van der Waals surface area contributed by atoms with Crippen LogP contribution in [0.15, 0.2) is 48.8 Å². The van der Waals surface area contributed by atoms with E-state index in [1.807, 2.05) is 64.4 Å². The molecule has 1 amide bonds. The zero-order chi connectivity index (χ0) is 39.8. The first-order valence-electron chi connectivity index (χ1n) is 21.8. The number of amides is 1. The Hall–Kier alpha value is -4.66. The Balaban J connectivity index is 0.000000155. The summed E-state index contributed by atoms with van der Waals surface area (Å²) in [6.07, 6.45) is 12.7. The average Bonchev–Trinajstić information content (AvgIpc) is 3.80. The lowest BCUT2D eigenvalue weighted by Gasteiger charge is -2.37. The van der Waals surface area contributed by atoms with Gasteiger partial charge in [-0.15, -0.1) is 0 Å². The number of anilines is 2. The van der Waals surface area contributed by atoms with E-state index in [9.17, 15) is 9.18 Å². The minimum atomic E-state index is -0.158. The molecule has 5 aliphatic rings. The Kier molecular flexibility index (Phi) is 13.1. The summed E-state index contributed by atoms with van der Waals surface area (Å²) in [5.74, 6) is 3.36. The fraction of sp³-hybridized carbons (Fsp3) is 0.568. The first-order chi connectivity index (χ1) is 28.6. The van der Waals surface area contributed by atoms with Gasteiger partial charge in [-0.1, -0.05) is 26.0 Å². The molecule has 0 aliphatic carbocycles. The number of benzene rings is 1. The standard InChI is InChI=1S/C22H26FN5.C20H28N6O2.C2H6/c23-18-3-1-16(2-4-18)15-17-8-13-27(14-9-17)22-19-5-10-24-11-6-20(19)26-21-7-12-25-28(21)22;27-20(25-11-13-28-14-12-25)15-4-9-24(10-5-15)19-16-1-6-21-7-2-17(16)23-18-3-8-22-26(18)19;1-2/h1-4,7,12,17,24H,5-6,8-11,13-15H2;3,8,15,21H,1-2,4-7,9-14H2;1-2H3. The van der Waals surface area contributed by atoms with E-state index < -0.39 is 0 Å². The molecule has 4 aromatic heterocycles. The molecule has 5 aliphatic heterocycles. The van der Waals surface area contributed by atoms with Gasteiger partial charge in [0.05, 0.1) is 37.0 Å². The minimum absolute atomic E-state index is 0.129. The van der Waals surface area contributed by atoms with Gasteiger partial charge in [0.25, 0.3) is 0 Å². The molecule has 5 aromatic rings. The van der Waals surface area contributed by atoms with E-state index in [1.165, 1.54) is 39.7 Å². The third-order valence-corrected chi connectivity index (χ3v) is 12.4. The van der Waals surface area contributed by atoms with E-state index in [2.05, 4.69) is 30.6 Å². The Morgan fingerprint density at radius 2 is 1.19 bits per heavy atom. The maximum atomic E-state index is 13.1. The third kappa shape index (κ3) is 8.84. The first kappa shape index (κ1) is 40.1. The molecule has 1 aromatic carbocycles. The minimum Gasteiger partial charge on any atom is -0.378 e. The number of ether oxygens (including phenoxy) is 1. The number of morpholine rings is 1. The zero-order valence-corrected chi connectivity index (χ0v) is 34.3. The molecule has 3 saturated heterocycles. The highest BCUT2D eigenvalue weighted by Crippen LogP contribution is 2.32. The number of carbonyl (C=O) groups is 1. The number of nitrogens with zero attached hydrogens (tertiary/aromatic N) is 9. The summed E-state index contributed by atoms with van der Waals surface area (Å²) >= 11 is 0. The van der Waals surface area contributed by atoms with Gasteiger partial charge in [-0.25, -0.2) is 14.4 Å². The SMILES string of the molecule is CC.Fc1ccc(CC2CCN(c3c4c(nc5ccnn35)CCNCC4)CC2)cc1.O=C(C1CCN(c2c3c(nc4ccnn24)CCNCC3)CC1)N1CCOCC1. The fourth-order valence-electron chi connectivity index (χ4n) is 9.36. The predicted molar refractivity (Wildman–Crippen MR) is 225 cm³/mol. The number of hydrogen-bond donors (Lipinski definition) is 2. The summed E-state index contributed by atoms with van der Waals surface area (Å²) in [6, 6.07) is 11.0. The van der Waals surface area contributed by atoms with E-state index in [4.69, 9.17) is 14.7 Å². The molecule has 13 nitrogen and oxygen atoms in total. The molecular formula is C44H60FN11O2. The number of rotatable bonds is 5. The molecule has 0 saturated carbocycles. The number of halogens is 1. The van der Waals surface area contributed by atoms with Gasteiger partial charge < -0.3 is 30.1 Å². The van der Waals surface area contributed by atoms with Crippen molar-refractivity contribution < 1.29 is 13.9 Å². The molecule has 10 rings (SSSR count). The maximum Gasteiger partial charge on any atom is 0.225 e. The number of fused-ring (bicyclic) bond motifs is 4. The lowest BCUT2D eigenvalue weighted by atomic mass is 9.90. The van der Waals surface area contributed by atoms with Crippen LogP contribution >= 0.6 is 0 Å². The molecule has 58 heavy (non-hydrogen) atoms. The number of carbonyl (C=O) groups excluding carboxylic acids is 1. The summed E-state index contributed by atoms with van der Waals surface area (Å²) < 4.78 is 22.6. The third-order valence-electron chi connectivity index (χ3n) is 12.4. The van der Waals surface area contributed by atoms with Gasteiger partial charge in [0, 0.05) is 94.4 Å². The molecule has 0 unspecified atom stereocenters. The predicted octanol–water partition coefficient (Wildman–Crippen LogP) is 4.53. The average molecular weight is 794 g/mol. The zero-order valence-electron chi connectivity index (χ0n) is 34.3. The highest BCUT2D eigenvalue weighted by Gasteiger charge is 2.32. The van der Waals surface area contributed by atoms with Crippen molar-refractivity contribution in [2.24, 2.45) is 11.8 Å². The van der Waals surface area contributed by atoms with Crippen LogP contribution in [0.1, 0.15) is 67.6 Å². The quantitative estimate of drug-likeness (QED) is 0.263. The summed E-state index contributed by atoms with van der Waals surface area (Å²) in [6.45, 7) is 14.6. The number of piperidine rings is 2. The van der Waals surface area contributed by atoms with Crippen LogP contribution in [0.3, 0.4) is 0 Å². The second-order valence-electron chi connectivity index (χ2n) is 15.9. The summed E-state index contributed by atoms with van der Waals surface area (Å²) in [5.41, 5.74) is 8.20. The molecule has 310 valence electrons. The number of aromatic nitrogens is 6. The van der Waals surface area contributed by atoms with Crippen LogP contribution in [0.25, 0.3) is 11.3 Å². The van der Waals surface area contributed by atoms with Crippen molar-refractivity contribution >= 4 is 28.8 Å². The van der Waals surface area contributed by atoms with Gasteiger partial charge in [-0.05, 0) is 81.6 Å². The van der Waals surface area contributed by atoms with Crippen LogP contribution in [-0.2, 0) is 41.6 Å². The summed E-state index contributed by atoms with van der Waals surface area (Å²) in [7, 11) is 0. The highest BCUT2D eigenvalue weighted by atomic mass is 19.1. The molecule has 2 N–H and O–H groups in total. The van der Waals surface area contributed by atoms with Crippen molar-refractivity contribution in [3.8, 4) is 0 Å². The maximum absolute atomic E-state index is 13.1. The molecule has 0 bridgehead atoms. The Labute approximate surface area is 341 Å². The molecule has 14 heteroatoms. The van der Waals surface area contributed by atoms with Crippen LogP contribution in [0.4, 0.5) is 16.0 Å². The molecule has 3 fully saturated rings. The number of hydrogen-bond acceptors (Lipinski definition) is 10. The van der Waals surface area contributed by atoms with E-state index >= 15 is 0 Å². The smallest absolute Gasteiger partial charge is 0.225 e.